The van der Waals surface area contributed by atoms with E-state index in [0.717, 1.165) is 36.8 Å². The highest BCUT2D eigenvalue weighted by molar-refractivity contribution is 6.06. The number of β-amino-alcohol motifs (C(OH)–C–C–N with tert-alkyl or cyclic N) is 1. The van der Waals surface area contributed by atoms with Gasteiger partial charge in [0.15, 0.2) is 0 Å². The summed E-state index contributed by atoms with van der Waals surface area (Å²) in [5, 5.41) is 10.2. The minimum atomic E-state index is -0.879. The molecule has 0 unspecified atom stereocenters. The second-order valence-electron chi connectivity index (χ2n) is 7.26. The highest BCUT2D eigenvalue weighted by Crippen LogP contribution is 2.46. The van der Waals surface area contributed by atoms with Crippen molar-refractivity contribution < 1.29 is 19.4 Å². The first-order chi connectivity index (χ1) is 11.4. The van der Waals surface area contributed by atoms with Gasteiger partial charge in [-0.15, -0.1) is 0 Å². The number of carbonyl (C=O) groups is 2. The lowest BCUT2D eigenvalue weighted by atomic mass is 9.84. The number of rotatable bonds is 5. The Labute approximate surface area is 142 Å². The van der Waals surface area contributed by atoms with Gasteiger partial charge in [-0.1, -0.05) is 18.9 Å². The van der Waals surface area contributed by atoms with Gasteiger partial charge < -0.3 is 9.84 Å². The van der Waals surface area contributed by atoms with Gasteiger partial charge >= 0.3 is 0 Å². The molecule has 1 atom stereocenters. The Kier molecular flexibility index (Phi) is 4.63. The van der Waals surface area contributed by atoms with E-state index in [9.17, 15) is 14.7 Å². The average Bonchev–Trinajstić information content (AvgIpc) is 3.06. The summed E-state index contributed by atoms with van der Waals surface area (Å²) in [7, 11) is 0. The number of amides is 2. The predicted molar refractivity (Wildman–Crippen MR) is 89.7 cm³/mol. The van der Waals surface area contributed by atoms with E-state index in [-0.39, 0.29) is 25.0 Å². The minimum absolute atomic E-state index is 0.0181. The second kappa shape index (κ2) is 6.55. The summed E-state index contributed by atoms with van der Waals surface area (Å²) in [6.45, 7) is 4.05. The van der Waals surface area contributed by atoms with Crippen LogP contribution in [0.3, 0.4) is 0 Å². The van der Waals surface area contributed by atoms with E-state index in [1.54, 1.807) is 0 Å². The normalized spacial score (nSPS) is 20.9. The molecule has 0 radical (unpaired) electrons. The molecular weight excluding hydrogens is 306 g/mol. The van der Waals surface area contributed by atoms with Crippen LogP contribution in [0.15, 0.2) is 18.2 Å². The van der Waals surface area contributed by atoms with Crippen molar-refractivity contribution >= 4 is 11.8 Å². The maximum absolute atomic E-state index is 12.6. The first-order valence-corrected chi connectivity index (χ1v) is 8.64. The molecule has 1 saturated heterocycles. The zero-order chi connectivity index (χ0) is 17.3. The number of aliphatic hydroxyl groups excluding tert-OH is 1. The smallest absolute Gasteiger partial charge is 0.235 e. The van der Waals surface area contributed by atoms with E-state index in [2.05, 4.69) is 0 Å². The van der Waals surface area contributed by atoms with Crippen LogP contribution >= 0.6 is 0 Å². The van der Waals surface area contributed by atoms with Gasteiger partial charge in [-0.25, -0.2) is 0 Å². The third kappa shape index (κ3) is 3.31. The van der Waals surface area contributed by atoms with Crippen LogP contribution in [0, 0.1) is 19.3 Å². The minimum Gasteiger partial charge on any atom is -0.491 e. The molecule has 2 amide bonds. The van der Waals surface area contributed by atoms with Crippen molar-refractivity contribution in [2.45, 2.75) is 52.1 Å². The number of hydrogen-bond donors (Lipinski definition) is 1. The summed E-state index contributed by atoms with van der Waals surface area (Å²) >= 11 is 0. The first-order valence-electron chi connectivity index (χ1n) is 8.64. The largest absolute Gasteiger partial charge is 0.491 e. The molecule has 1 aromatic carbocycles. The van der Waals surface area contributed by atoms with Crippen LogP contribution in [0.4, 0.5) is 0 Å². The second-order valence-corrected chi connectivity index (χ2v) is 7.26. The molecule has 5 nitrogen and oxygen atoms in total. The summed E-state index contributed by atoms with van der Waals surface area (Å²) in [6, 6.07) is 5.85. The molecule has 0 bridgehead atoms. The van der Waals surface area contributed by atoms with Crippen LogP contribution < -0.4 is 4.74 Å². The quantitative estimate of drug-likeness (QED) is 0.841. The van der Waals surface area contributed by atoms with Crippen molar-refractivity contribution in [3.8, 4) is 5.75 Å². The van der Waals surface area contributed by atoms with Gasteiger partial charge in [-0.2, -0.15) is 0 Å². The molecule has 3 rings (SSSR count). The standard InChI is InChI=1S/C19H25NO4/c1-13-7-14(2)9-16(8-13)24-12-15(21)11-20-17(22)10-19(18(20)23)5-3-4-6-19/h7-9,15,21H,3-6,10-12H2,1-2H3/t15-/m0/s1. The maximum Gasteiger partial charge on any atom is 0.235 e. The molecule has 1 saturated carbocycles. The van der Waals surface area contributed by atoms with Crippen LogP contribution in [0.2, 0.25) is 0 Å². The molecule has 1 aliphatic carbocycles. The maximum atomic E-state index is 12.6. The molecule has 5 heteroatoms. The topological polar surface area (TPSA) is 66.8 Å². The molecule has 2 fully saturated rings. The fourth-order valence-corrected chi connectivity index (χ4v) is 3.96. The van der Waals surface area contributed by atoms with Crippen molar-refractivity contribution in [1.29, 1.82) is 0 Å². The Morgan fingerprint density at radius 3 is 2.42 bits per heavy atom. The van der Waals surface area contributed by atoms with E-state index in [1.165, 1.54) is 4.90 Å². The van der Waals surface area contributed by atoms with Crippen LogP contribution in [-0.4, -0.2) is 41.1 Å². The summed E-state index contributed by atoms with van der Waals surface area (Å²) in [4.78, 5) is 26.0. The molecule has 1 heterocycles. The summed E-state index contributed by atoms with van der Waals surface area (Å²) in [5.74, 6) is 0.431. The van der Waals surface area contributed by atoms with Crippen molar-refractivity contribution in [3.63, 3.8) is 0 Å². The lowest BCUT2D eigenvalue weighted by molar-refractivity contribution is -0.143. The number of nitrogens with zero attached hydrogens (tertiary/aromatic N) is 1. The van der Waals surface area contributed by atoms with E-state index < -0.39 is 11.5 Å². The van der Waals surface area contributed by atoms with Gasteiger partial charge in [0, 0.05) is 6.42 Å². The van der Waals surface area contributed by atoms with Gasteiger partial charge in [0.2, 0.25) is 11.8 Å². The van der Waals surface area contributed by atoms with Crippen LogP contribution in [0.25, 0.3) is 0 Å². The van der Waals surface area contributed by atoms with E-state index in [1.807, 2.05) is 32.0 Å². The summed E-state index contributed by atoms with van der Waals surface area (Å²) < 4.78 is 5.63. The average molecular weight is 331 g/mol. The number of aryl methyl sites for hydroxylation is 2. The fraction of sp³-hybridized carbons (Fsp3) is 0.579. The Hall–Kier alpha value is -1.88. The summed E-state index contributed by atoms with van der Waals surface area (Å²) in [5.41, 5.74) is 1.70. The van der Waals surface area contributed by atoms with Crippen LogP contribution in [0.1, 0.15) is 43.2 Å². The molecule has 2 aliphatic rings. The molecule has 24 heavy (non-hydrogen) atoms. The lowest BCUT2D eigenvalue weighted by Crippen LogP contribution is -2.41. The number of imide groups is 1. The van der Waals surface area contributed by atoms with Crippen molar-refractivity contribution in [2.24, 2.45) is 5.41 Å². The highest BCUT2D eigenvalue weighted by atomic mass is 16.5. The SMILES string of the molecule is Cc1cc(C)cc(OC[C@@H](O)CN2C(=O)CC3(CCCC3)C2=O)c1. The Balaban J connectivity index is 1.57. The monoisotopic (exact) mass is 331 g/mol. The molecule has 1 N–H and O–H groups in total. The van der Waals surface area contributed by atoms with Crippen molar-refractivity contribution in [3.05, 3.63) is 29.3 Å². The lowest BCUT2D eigenvalue weighted by Gasteiger charge is -2.23. The zero-order valence-electron chi connectivity index (χ0n) is 14.4. The Morgan fingerprint density at radius 1 is 1.17 bits per heavy atom. The van der Waals surface area contributed by atoms with Gasteiger partial charge in [-0.3, -0.25) is 14.5 Å². The van der Waals surface area contributed by atoms with Crippen LogP contribution in [0.5, 0.6) is 5.75 Å². The number of hydrogen-bond acceptors (Lipinski definition) is 4. The molecular formula is C19H25NO4. The van der Waals surface area contributed by atoms with Crippen molar-refractivity contribution in [1.82, 2.24) is 4.90 Å². The third-order valence-corrected chi connectivity index (χ3v) is 5.08. The van der Waals surface area contributed by atoms with E-state index in [0.29, 0.717) is 12.2 Å². The summed E-state index contributed by atoms with van der Waals surface area (Å²) in [6.07, 6.45) is 3.02. The first kappa shape index (κ1) is 17.0. The van der Waals surface area contributed by atoms with Gasteiger partial charge in [0.05, 0.1) is 12.0 Å². The molecule has 130 valence electrons. The molecule has 0 aromatic heterocycles. The number of carbonyl (C=O) groups excluding carboxylic acids is 2. The number of aliphatic hydroxyl groups is 1. The molecule has 1 aromatic rings. The third-order valence-electron chi connectivity index (χ3n) is 5.08. The van der Waals surface area contributed by atoms with Gasteiger partial charge in [0.1, 0.15) is 18.5 Å². The molecule has 1 aliphatic heterocycles. The van der Waals surface area contributed by atoms with Crippen LogP contribution in [-0.2, 0) is 9.59 Å². The Morgan fingerprint density at radius 2 is 1.79 bits per heavy atom. The van der Waals surface area contributed by atoms with Gasteiger partial charge in [-0.05, 0) is 49.9 Å². The van der Waals surface area contributed by atoms with Gasteiger partial charge in [0.25, 0.3) is 0 Å². The fourth-order valence-electron chi connectivity index (χ4n) is 3.96. The highest BCUT2D eigenvalue weighted by Gasteiger charge is 2.52. The number of ether oxygens (including phenoxy) is 1. The Bertz CT molecular complexity index is 629. The number of benzene rings is 1. The van der Waals surface area contributed by atoms with Crippen molar-refractivity contribution in [2.75, 3.05) is 13.2 Å². The zero-order valence-corrected chi connectivity index (χ0v) is 14.4. The predicted octanol–water partition coefficient (Wildman–Crippen LogP) is 2.36. The van der Waals surface area contributed by atoms with E-state index in [4.69, 9.17) is 4.74 Å². The number of likely N-dealkylation sites (tertiary alicyclic amines) is 1. The molecule has 1 spiro atoms. The van der Waals surface area contributed by atoms with E-state index >= 15 is 0 Å².